The summed E-state index contributed by atoms with van der Waals surface area (Å²) in [6.07, 6.45) is 1.88. The smallest absolute Gasteiger partial charge is 0.262 e. The second-order valence-corrected chi connectivity index (χ2v) is 5.58. The Morgan fingerprint density at radius 2 is 2.29 bits per heavy atom. The lowest BCUT2D eigenvalue weighted by atomic mass is 9.66. The molecular weight excluding hydrogens is 276 g/mol. The maximum atomic E-state index is 11.8. The van der Waals surface area contributed by atoms with Crippen molar-refractivity contribution in [3.8, 4) is 6.07 Å². The molecule has 0 unspecified atom stereocenters. The molecule has 2 aliphatic carbocycles. The molecule has 8 heteroatoms. The van der Waals surface area contributed by atoms with Crippen molar-refractivity contribution < 1.29 is 14.5 Å². The molecule has 21 heavy (non-hydrogen) atoms. The van der Waals surface area contributed by atoms with Crippen LogP contribution in [-0.4, -0.2) is 15.6 Å². The lowest BCUT2D eigenvalue weighted by Crippen LogP contribution is -2.50. The normalized spacial score (nSPS) is 27.5. The fourth-order valence-electron chi connectivity index (χ4n) is 3.22. The standard InChI is InChI=1S/C13H12N4O4/c1-7-3-10-12-11(15-21-16(12)18)9(6-14)5-13(10,17(19)20)4-8(7)2/h5,10H,3-4H2,1-2H3/t10-,13-/m1/s1. The summed E-state index contributed by atoms with van der Waals surface area (Å²) in [5.74, 6) is -0.674. The number of fused-ring (bicyclic) bond motifs is 3. The predicted octanol–water partition coefficient (Wildman–Crippen LogP) is 1.46. The molecule has 0 radical (unpaired) electrons. The average Bonchev–Trinajstić information content (AvgIpc) is 2.82. The third kappa shape index (κ3) is 1.60. The number of hydrogen-bond donors (Lipinski definition) is 0. The van der Waals surface area contributed by atoms with E-state index in [-0.39, 0.29) is 28.3 Å². The Labute approximate surface area is 119 Å². The molecule has 1 aromatic heterocycles. The van der Waals surface area contributed by atoms with Crippen molar-refractivity contribution in [1.29, 1.82) is 5.26 Å². The molecule has 108 valence electrons. The number of rotatable bonds is 1. The molecule has 0 amide bonds. The Bertz CT molecular complexity index is 755. The van der Waals surface area contributed by atoms with Gasteiger partial charge < -0.3 is 5.21 Å². The summed E-state index contributed by atoms with van der Waals surface area (Å²) in [6.45, 7) is 3.73. The first-order chi connectivity index (χ1) is 9.90. The lowest BCUT2D eigenvalue weighted by molar-refractivity contribution is -0.810. The van der Waals surface area contributed by atoms with Gasteiger partial charge in [0.15, 0.2) is 0 Å². The van der Waals surface area contributed by atoms with Gasteiger partial charge >= 0.3 is 0 Å². The minimum absolute atomic E-state index is 0.0173. The zero-order valence-electron chi connectivity index (χ0n) is 11.5. The largest absolute Gasteiger partial charge is 0.359 e. The van der Waals surface area contributed by atoms with Crippen molar-refractivity contribution in [2.75, 3.05) is 0 Å². The molecular formula is C13H12N4O4. The summed E-state index contributed by atoms with van der Waals surface area (Å²) in [6, 6.07) is 1.88. The molecule has 0 bridgehead atoms. The lowest BCUT2D eigenvalue weighted by Gasteiger charge is -2.36. The Morgan fingerprint density at radius 3 is 2.90 bits per heavy atom. The molecule has 1 aromatic rings. The number of aromatic nitrogens is 2. The van der Waals surface area contributed by atoms with E-state index in [9.17, 15) is 20.6 Å². The zero-order chi connectivity index (χ0) is 15.4. The van der Waals surface area contributed by atoms with E-state index in [0.29, 0.717) is 6.42 Å². The summed E-state index contributed by atoms with van der Waals surface area (Å²) >= 11 is 0. The number of allylic oxidation sites excluding steroid dienone is 2. The molecule has 3 rings (SSSR count). The molecule has 0 spiro atoms. The molecule has 8 nitrogen and oxygen atoms in total. The van der Waals surface area contributed by atoms with E-state index in [4.69, 9.17) is 0 Å². The maximum Gasteiger partial charge on any atom is 0.262 e. The van der Waals surface area contributed by atoms with Crippen molar-refractivity contribution in [1.82, 2.24) is 5.16 Å². The average molecular weight is 288 g/mol. The first kappa shape index (κ1) is 13.3. The molecule has 0 N–H and O–H groups in total. The van der Waals surface area contributed by atoms with E-state index in [0.717, 1.165) is 11.1 Å². The van der Waals surface area contributed by atoms with E-state index in [1.165, 1.54) is 6.08 Å². The van der Waals surface area contributed by atoms with Crippen LogP contribution in [0.15, 0.2) is 21.9 Å². The van der Waals surface area contributed by atoms with E-state index in [2.05, 4.69) is 9.79 Å². The van der Waals surface area contributed by atoms with Crippen LogP contribution in [0.4, 0.5) is 0 Å². The first-order valence-electron chi connectivity index (χ1n) is 6.43. The van der Waals surface area contributed by atoms with Gasteiger partial charge in [-0.25, -0.2) is 0 Å². The van der Waals surface area contributed by atoms with Crippen LogP contribution in [-0.2, 0) is 0 Å². The predicted molar refractivity (Wildman–Crippen MR) is 69.1 cm³/mol. The molecule has 0 aliphatic heterocycles. The second-order valence-electron chi connectivity index (χ2n) is 5.58. The third-order valence-electron chi connectivity index (χ3n) is 4.48. The summed E-state index contributed by atoms with van der Waals surface area (Å²) in [4.78, 5) is 11.5. The van der Waals surface area contributed by atoms with Crippen molar-refractivity contribution in [2.45, 2.75) is 38.1 Å². The van der Waals surface area contributed by atoms with Gasteiger partial charge in [-0.15, -0.1) is 0 Å². The fraction of sp³-hybridized carbons (Fsp3) is 0.462. The van der Waals surface area contributed by atoms with Gasteiger partial charge in [-0.1, -0.05) is 11.1 Å². The SMILES string of the molecule is CC1=C(C)C[C@@]2([N+](=O)[O-])C=C(C#N)c3no[n+]([O-])c3[C@H]2C1. The molecule has 1 heterocycles. The highest BCUT2D eigenvalue weighted by Crippen LogP contribution is 2.50. The molecule has 2 aliphatic rings. The third-order valence-corrected chi connectivity index (χ3v) is 4.48. The van der Waals surface area contributed by atoms with Gasteiger partial charge in [0.1, 0.15) is 17.6 Å². The van der Waals surface area contributed by atoms with Crippen molar-refractivity contribution in [3.63, 3.8) is 0 Å². The monoisotopic (exact) mass is 288 g/mol. The molecule has 0 saturated carbocycles. The minimum atomic E-state index is -1.49. The molecule has 0 aromatic carbocycles. The molecule has 0 fully saturated rings. The van der Waals surface area contributed by atoms with Crippen LogP contribution in [0.3, 0.4) is 0 Å². The Morgan fingerprint density at radius 1 is 1.57 bits per heavy atom. The van der Waals surface area contributed by atoms with Gasteiger partial charge in [0.2, 0.25) is 5.69 Å². The fourth-order valence-corrected chi connectivity index (χ4v) is 3.22. The zero-order valence-corrected chi connectivity index (χ0v) is 11.5. The number of nitro groups is 1. The Kier molecular flexibility index (Phi) is 2.63. The van der Waals surface area contributed by atoms with Crippen LogP contribution in [0.1, 0.15) is 44.0 Å². The minimum Gasteiger partial charge on any atom is -0.359 e. The second kappa shape index (κ2) is 4.15. The highest BCUT2D eigenvalue weighted by atomic mass is 16.8. The van der Waals surface area contributed by atoms with E-state index < -0.39 is 16.4 Å². The summed E-state index contributed by atoms with van der Waals surface area (Å²) in [7, 11) is 0. The van der Waals surface area contributed by atoms with Gasteiger partial charge in [-0.3, -0.25) is 14.7 Å². The van der Waals surface area contributed by atoms with Crippen LogP contribution in [0, 0.1) is 26.7 Å². The van der Waals surface area contributed by atoms with Gasteiger partial charge in [-0.05, 0) is 25.2 Å². The highest BCUT2D eigenvalue weighted by molar-refractivity contribution is 5.78. The molecule has 2 atom stereocenters. The van der Waals surface area contributed by atoms with Crippen LogP contribution in [0.5, 0.6) is 0 Å². The van der Waals surface area contributed by atoms with Crippen LogP contribution < -0.4 is 4.90 Å². The van der Waals surface area contributed by atoms with Crippen molar-refractivity contribution in [3.05, 3.63) is 43.9 Å². The van der Waals surface area contributed by atoms with Gasteiger partial charge in [0.25, 0.3) is 11.2 Å². The quantitative estimate of drug-likeness (QED) is 0.334. The van der Waals surface area contributed by atoms with Crippen LogP contribution in [0.2, 0.25) is 0 Å². The summed E-state index contributed by atoms with van der Waals surface area (Å²) in [5, 5.41) is 36.4. The number of nitriles is 1. The van der Waals surface area contributed by atoms with Gasteiger partial charge in [-0.2, -0.15) is 5.26 Å². The van der Waals surface area contributed by atoms with Crippen LogP contribution in [0.25, 0.3) is 5.57 Å². The highest BCUT2D eigenvalue weighted by Gasteiger charge is 2.59. The van der Waals surface area contributed by atoms with Crippen molar-refractivity contribution in [2.24, 2.45) is 0 Å². The van der Waals surface area contributed by atoms with Crippen molar-refractivity contribution >= 4 is 5.57 Å². The van der Waals surface area contributed by atoms with Crippen LogP contribution >= 0.6 is 0 Å². The summed E-state index contributed by atoms with van der Waals surface area (Å²) < 4.78 is 4.57. The number of hydrogen-bond acceptors (Lipinski definition) is 6. The van der Waals surface area contributed by atoms with Gasteiger partial charge in [0.05, 0.1) is 0 Å². The van der Waals surface area contributed by atoms with E-state index in [1.54, 1.807) is 0 Å². The maximum absolute atomic E-state index is 11.8. The van der Waals surface area contributed by atoms with E-state index in [1.807, 2.05) is 19.9 Å². The molecule has 0 saturated heterocycles. The Balaban J connectivity index is 2.32. The Hall–Kier alpha value is -2.69. The van der Waals surface area contributed by atoms with Gasteiger partial charge in [0, 0.05) is 22.6 Å². The van der Waals surface area contributed by atoms with E-state index >= 15 is 0 Å². The number of nitrogens with zero attached hydrogens (tertiary/aromatic N) is 4. The topological polar surface area (TPSA) is 120 Å². The summed E-state index contributed by atoms with van der Waals surface area (Å²) in [5.41, 5.74) is 0.648. The first-order valence-corrected chi connectivity index (χ1v) is 6.43.